The Morgan fingerprint density at radius 3 is 2.62 bits per heavy atom. The van der Waals surface area contributed by atoms with Gasteiger partial charge in [0.1, 0.15) is 5.82 Å². The lowest BCUT2D eigenvalue weighted by molar-refractivity contribution is 0.528. The molecule has 1 atom stereocenters. The molecule has 2 nitrogen and oxygen atoms in total. The Morgan fingerprint density at radius 1 is 1.38 bits per heavy atom. The summed E-state index contributed by atoms with van der Waals surface area (Å²) < 4.78 is 12.8. The first-order valence-corrected chi connectivity index (χ1v) is 5.77. The molecule has 0 amide bonds. The summed E-state index contributed by atoms with van der Waals surface area (Å²) in [5, 5.41) is 10.6. The van der Waals surface area contributed by atoms with Crippen molar-refractivity contribution in [3.63, 3.8) is 0 Å². The minimum atomic E-state index is -0.209. The second kappa shape index (κ2) is 5.21. The average Bonchev–Trinajstić information content (AvgIpc) is 3.09. The van der Waals surface area contributed by atoms with E-state index in [1.165, 1.54) is 31.2 Å². The van der Waals surface area contributed by atoms with Crippen molar-refractivity contribution in [3.8, 4) is 0 Å². The fraction of sp³-hybridized carbons (Fsp3) is 0.462. The van der Waals surface area contributed by atoms with Gasteiger partial charge in [0.2, 0.25) is 0 Å². The van der Waals surface area contributed by atoms with E-state index < -0.39 is 0 Å². The average molecular weight is 220 g/mol. The van der Waals surface area contributed by atoms with Gasteiger partial charge in [-0.05, 0) is 49.2 Å². The van der Waals surface area contributed by atoms with Gasteiger partial charge in [-0.3, -0.25) is 0 Å². The molecule has 1 aromatic rings. The molecule has 0 aliphatic heterocycles. The molecule has 1 aliphatic rings. The van der Waals surface area contributed by atoms with Crippen LogP contribution in [0.25, 0.3) is 0 Å². The summed E-state index contributed by atoms with van der Waals surface area (Å²) in [6, 6.07) is 6.70. The molecule has 1 aliphatic carbocycles. The maximum Gasteiger partial charge on any atom is 0.123 e. The Balaban J connectivity index is 1.98. The second-order valence-electron chi connectivity index (χ2n) is 4.40. The lowest BCUT2D eigenvalue weighted by Gasteiger charge is -2.17. The molecule has 86 valence electrons. The summed E-state index contributed by atoms with van der Waals surface area (Å²) >= 11 is 0. The van der Waals surface area contributed by atoms with Crippen LogP contribution in [0.5, 0.6) is 0 Å². The van der Waals surface area contributed by atoms with E-state index in [1.807, 2.05) is 0 Å². The minimum Gasteiger partial charge on any atom is -0.313 e. The summed E-state index contributed by atoms with van der Waals surface area (Å²) in [5.74, 6) is 0.605. The summed E-state index contributed by atoms with van der Waals surface area (Å²) in [4.78, 5) is 0. The molecule has 1 aromatic carbocycles. The molecule has 0 saturated heterocycles. The summed E-state index contributed by atoms with van der Waals surface area (Å²) in [7, 11) is 0. The van der Waals surface area contributed by atoms with Crippen molar-refractivity contribution in [1.82, 2.24) is 5.32 Å². The lowest BCUT2D eigenvalue weighted by Crippen LogP contribution is -2.23. The first-order valence-electron chi connectivity index (χ1n) is 5.77. The number of hydrogen-bond donors (Lipinski definition) is 2. The van der Waals surface area contributed by atoms with E-state index in [-0.39, 0.29) is 11.9 Å². The highest BCUT2D eigenvalue weighted by molar-refractivity contribution is 5.54. The largest absolute Gasteiger partial charge is 0.313 e. The molecule has 0 spiro atoms. The van der Waals surface area contributed by atoms with Crippen molar-refractivity contribution in [3.05, 3.63) is 35.6 Å². The van der Waals surface area contributed by atoms with E-state index in [9.17, 15) is 4.39 Å². The van der Waals surface area contributed by atoms with Gasteiger partial charge in [0.05, 0.1) is 0 Å². The van der Waals surface area contributed by atoms with Gasteiger partial charge in [0.25, 0.3) is 0 Å². The van der Waals surface area contributed by atoms with Gasteiger partial charge < -0.3 is 10.7 Å². The van der Waals surface area contributed by atoms with E-state index >= 15 is 0 Å². The van der Waals surface area contributed by atoms with Crippen LogP contribution in [0.2, 0.25) is 0 Å². The summed E-state index contributed by atoms with van der Waals surface area (Å²) in [6.45, 7) is 1.01. The monoisotopic (exact) mass is 220 g/mol. The minimum absolute atomic E-state index is 0.152. The fourth-order valence-electron chi connectivity index (χ4n) is 1.78. The fourth-order valence-corrected chi connectivity index (χ4v) is 1.78. The van der Waals surface area contributed by atoms with Gasteiger partial charge in [-0.1, -0.05) is 12.1 Å². The van der Waals surface area contributed by atoms with Crippen molar-refractivity contribution in [2.45, 2.75) is 25.3 Å². The first kappa shape index (κ1) is 11.3. The van der Waals surface area contributed by atoms with Gasteiger partial charge >= 0.3 is 0 Å². The molecule has 16 heavy (non-hydrogen) atoms. The van der Waals surface area contributed by atoms with E-state index in [4.69, 9.17) is 5.41 Å². The Morgan fingerprint density at radius 2 is 2.06 bits per heavy atom. The van der Waals surface area contributed by atoms with Gasteiger partial charge in [0, 0.05) is 12.5 Å². The van der Waals surface area contributed by atoms with Crippen molar-refractivity contribution >= 4 is 6.21 Å². The third-order valence-corrected chi connectivity index (χ3v) is 2.98. The van der Waals surface area contributed by atoms with E-state index in [1.54, 1.807) is 12.1 Å². The Labute approximate surface area is 95.4 Å². The highest BCUT2D eigenvalue weighted by atomic mass is 19.1. The van der Waals surface area contributed by atoms with Gasteiger partial charge in [-0.2, -0.15) is 0 Å². The van der Waals surface area contributed by atoms with Crippen LogP contribution in [-0.2, 0) is 0 Å². The van der Waals surface area contributed by atoms with Crippen LogP contribution in [0.3, 0.4) is 0 Å². The molecule has 2 rings (SSSR count). The molecule has 0 aromatic heterocycles. The molecular formula is C13H17FN2. The molecule has 3 heteroatoms. The van der Waals surface area contributed by atoms with Gasteiger partial charge in [0.15, 0.2) is 0 Å². The summed E-state index contributed by atoms with van der Waals surface area (Å²) in [6.07, 6.45) is 4.70. The number of hydrogen-bond acceptors (Lipinski definition) is 2. The molecular weight excluding hydrogens is 203 g/mol. The van der Waals surface area contributed by atoms with Crippen LogP contribution >= 0.6 is 0 Å². The highest BCUT2D eigenvalue weighted by Gasteiger charge is 2.22. The van der Waals surface area contributed by atoms with Crippen molar-refractivity contribution in [2.75, 3.05) is 6.54 Å². The van der Waals surface area contributed by atoms with Crippen LogP contribution in [0.4, 0.5) is 4.39 Å². The predicted molar refractivity (Wildman–Crippen MR) is 63.3 cm³/mol. The number of rotatable bonds is 6. The van der Waals surface area contributed by atoms with Crippen LogP contribution in [-0.4, -0.2) is 12.8 Å². The van der Waals surface area contributed by atoms with Crippen molar-refractivity contribution < 1.29 is 4.39 Å². The van der Waals surface area contributed by atoms with Gasteiger partial charge in [-0.15, -0.1) is 0 Å². The topological polar surface area (TPSA) is 35.9 Å². The zero-order valence-corrected chi connectivity index (χ0v) is 9.25. The van der Waals surface area contributed by atoms with E-state index in [2.05, 4.69) is 5.32 Å². The number of benzene rings is 1. The SMILES string of the molecule is N=CC[C@H](NCC1CC1)c1ccc(F)cc1. The van der Waals surface area contributed by atoms with Crippen molar-refractivity contribution in [1.29, 1.82) is 5.41 Å². The lowest BCUT2D eigenvalue weighted by atomic mass is 10.0. The third kappa shape index (κ3) is 3.14. The smallest absolute Gasteiger partial charge is 0.123 e. The summed E-state index contributed by atoms with van der Waals surface area (Å²) in [5.41, 5.74) is 1.06. The third-order valence-electron chi connectivity index (χ3n) is 2.98. The maximum absolute atomic E-state index is 12.8. The maximum atomic E-state index is 12.8. The van der Waals surface area contributed by atoms with Crippen LogP contribution in [0.1, 0.15) is 30.9 Å². The Kier molecular flexibility index (Phi) is 3.67. The number of nitrogens with one attached hydrogen (secondary N) is 2. The zero-order chi connectivity index (χ0) is 11.4. The molecule has 0 unspecified atom stereocenters. The van der Waals surface area contributed by atoms with Crippen molar-refractivity contribution in [2.24, 2.45) is 5.92 Å². The Hall–Kier alpha value is -1.22. The van der Waals surface area contributed by atoms with E-state index in [0.717, 1.165) is 18.0 Å². The van der Waals surface area contributed by atoms with Gasteiger partial charge in [-0.25, -0.2) is 4.39 Å². The standard InChI is InChI=1S/C13H17FN2/c14-12-5-3-11(4-6-12)13(7-8-15)16-9-10-1-2-10/h3-6,8,10,13,15-16H,1-2,7,9H2/t13-/m0/s1. The molecule has 2 N–H and O–H groups in total. The quantitative estimate of drug-likeness (QED) is 0.710. The molecule has 1 fully saturated rings. The normalized spacial score (nSPS) is 17.1. The number of halogens is 1. The molecule has 1 saturated carbocycles. The van der Waals surface area contributed by atoms with Crippen LogP contribution in [0.15, 0.2) is 24.3 Å². The second-order valence-corrected chi connectivity index (χ2v) is 4.40. The molecule has 0 radical (unpaired) electrons. The molecule has 0 heterocycles. The zero-order valence-electron chi connectivity index (χ0n) is 9.25. The van der Waals surface area contributed by atoms with Crippen LogP contribution in [0, 0.1) is 17.1 Å². The predicted octanol–water partition coefficient (Wildman–Crippen LogP) is 2.91. The van der Waals surface area contributed by atoms with E-state index in [0.29, 0.717) is 6.42 Å². The Bertz CT molecular complexity index is 343. The highest BCUT2D eigenvalue weighted by Crippen LogP contribution is 2.29. The molecule has 0 bridgehead atoms. The van der Waals surface area contributed by atoms with Crippen LogP contribution < -0.4 is 5.32 Å². The first-order chi connectivity index (χ1) is 7.79.